The Morgan fingerprint density at radius 3 is 2.41 bits per heavy atom. The van der Waals surface area contributed by atoms with Gasteiger partial charge in [0.2, 0.25) is 0 Å². The SMILES string of the molecule is CCn1ccc(NC(=O)c2cc(C(=O)OC)c(O[C@H](CN3CCN(C(=O)OC(C)(C)C)[C@H](C)C3)c3ccc(C)c(F)c3)cc2C)n1. The molecule has 2 heterocycles. The van der Waals surface area contributed by atoms with Gasteiger partial charge in [-0.15, -0.1) is 0 Å². The van der Waals surface area contributed by atoms with E-state index in [1.165, 1.54) is 19.2 Å². The molecule has 3 aromatic rings. The number of hydrogen-bond donors (Lipinski definition) is 1. The number of nitrogens with zero attached hydrogens (tertiary/aromatic N) is 4. The average Bonchev–Trinajstić information content (AvgIpc) is 3.44. The minimum Gasteiger partial charge on any atom is -0.483 e. The molecule has 0 radical (unpaired) electrons. The highest BCUT2D eigenvalue weighted by Gasteiger charge is 2.33. The molecule has 12 heteroatoms. The van der Waals surface area contributed by atoms with Crippen LogP contribution in [-0.2, 0) is 16.0 Å². The Labute approximate surface area is 269 Å². The predicted octanol–water partition coefficient (Wildman–Crippen LogP) is 5.76. The number of benzene rings is 2. The van der Waals surface area contributed by atoms with Gasteiger partial charge in [0, 0.05) is 56.6 Å². The molecule has 0 aliphatic carbocycles. The molecule has 1 aromatic heterocycles. The standard InChI is InChI=1S/C34H44FN5O6/c1-9-39-13-12-30(37-39)36-31(41)25-18-26(32(42)44-8)28(16-22(25)3)45-29(24-11-10-21(2)27(35)17-24)20-38-14-15-40(23(4)19-38)33(43)46-34(5,6)7/h10-13,16-18,23,29H,9,14-15,19-20H2,1-8H3,(H,36,37,41)/t23-,29-/m1/s1. The minimum atomic E-state index is -0.698. The first-order valence-electron chi connectivity index (χ1n) is 15.4. The lowest BCUT2D eigenvalue weighted by atomic mass is 10.0. The number of carbonyl (C=O) groups is 3. The van der Waals surface area contributed by atoms with E-state index in [1.807, 2.05) is 34.6 Å². The van der Waals surface area contributed by atoms with Crippen LogP contribution in [0, 0.1) is 19.7 Å². The number of methoxy groups -OCH3 is 1. The van der Waals surface area contributed by atoms with E-state index >= 15 is 0 Å². The summed E-state index contributed by atoms with van der Waals surface area (Å²) in [6, 6.07) is 9.52. The smallest absolute Gasteiger partial charge is 0.410 e. The van der Waals surface area contributed by atoms with Gasteiger partial charge in [0.25, 0.3) is 5.91 Å². The molecule has 1 saturated heterocycles. The van der Waals surface area contributed by atoms with Gasteiger partial charge >= 0.3 is 12.1 Å². The lowest BCUT2D eigenvalue weighted by Gasteiger charge is -2.41. The largest absolute Gasteiger partial charge is 0.483 e. The van der Waals surface area contributed by atoms with Gasteiger partial charge < -0.3 is 24.4 Å². The molecular weight excluding hydrogens is 593 g/mol. The van der Waals surface area contributed by atoms with E-state index in [0.717, 1.165) is 0 Å². The van der Waals surface area contributed by atoms with E-state index in [4.69, 9.17) is 14.2 Å². The van der Waals surface area contributed by atoms with Crippen molar-refractivity contribution in [3.63, 3.8) is 0 Å². The summed E-state index contributed by atoms with van der Waals surface area (Å²) in [5, 5.41) is 7.06. The van der Waals surface area contributed by atoms with Crippen LogP contribution < -0.4 is 10.1 Å². The summed E-state index contributed by atoms with van der Waals surface area (Å²) in [7, 11) is 1.25. The number of halogens is 1. The van der Waals surface area contributed by atoms with E-state index in [2.05, 4.69) is 15.3 Å². The summed E-state index contributed by atoms with van der Waals surface area (Å²) in [5.74, 6) is -0.926. The number of aryl methyl sites for hydroxylation is 3. The molecule has 0 spiro atoms. The summed E-state index contributed by atoms with van der Waals surface area (Å²) >= 11 is 0. The fraction of sp³-hybridized carbons (Fsp3) is 0.471. The third kappa shape index (κ3) is 8.42. The van der Waals surface area contributed by atoms with E-state index in [1.54, 1.807) is 53.9 Å². The van der Waals surface area contributed by atoms with Crippen LogP contribution in [0.5, 0.6) is 5.75 Å². The van der Waals surface area contributed by atoms with Crippen LogP contribution in [0.1, 0.15) is 78.1 Å². The number of piperazine rings is 1. The van der Waals surface area contributed by atoms with Crippen molar-refractivity contribution in [1.82, 2.24) is 19.6 Å². The highest BCUT2D eigenvalue weighted by atomic mass is 19.1. The number of rotatable bonds is 9. The molecule has 1 aliphatic rings. The van der Waals surface area contributed by atoms with Crippen LogP contribution in [0.15, 0.2) is 42.6 Å². The summed E-state index contributed by atoms with van der Waals surface area (Å²) in [6.07, 6.45) is 0.691. The van der Waals surface area contributed by atoms with Gasteiger partial charge in [0.15, 0.2) is 5.82 Å². The third-order valence-electron chi connectivity index (χ3n) is 7.78. The summed E-state index contributed by atoms with van der Waals surface area (Å²) < 4.78 is 33.7. The predicted molar refractivity (Wildman–Crippen MR) is 172 cm³/mol. The van der Waals surface area contributed by atoms with Gasteiger partial charge in [-0.05, 0) is 83.4 Å². The number of anilines is 1. The first-order chi connectivity index (χ1) is 21.7. The van der Waals surface area contributed by atoms with Gasteiger partial charge in [0.05, 0.1) is 7.11 Å². The second kappa shape index (κ2) is 14.3. The number of aromatic nitrogens is 2. The monoisotopic (exact) mass is 637 g/mol. The van der Waals surface area contributed by atoms with Crippen LogP contribution in [0.2, 0.25) is 0 Å². The quantitative estimate of drug-likeness (QED) is 0.295. The molecule has 2 amide bonds. The van der Waals surface area contributed by atoms with Crippen molar-refractivity contribution in [3.8, 4) is 5.75 Å². The Morgan fingerprint density at radius 1 is 1.07 bits per heavy atom. The number of nitrogens with one attached hydrogen (secondary N) is 1. The molecule has 2 atom stereocenters. The first kappa shape index (κ1) is 34.4. The zero-order valence-electron chi connectivity index (χ0n) is 27.8. The number of hydrogen-bond acceptors (Lipinski definition) is 8. The fourth-order valence-electron chi connectivity index (χ4n) is 5.28. The Kier molecular flexibility index (Phi) is 10.7. The van der Waals surface area contributed by atoms with Crippen molar-refractivity contribution in [2.45, 2.75) is 72.8 Å². The fourth-order valence-corrected chi connectivity index (χ4v) is 5.28. The van der Waals surface area contributed by atoms with Gasteiger partial charge in [-0.3, -0.25) is 14.4 Å². The van der Waals surface area contributed by atoms with Crippen molar-refractivity contribution < 1.29 is 33.0 Å². The van der Waals surface area contributed by atoms with Crippen LogP contribution in [0.25, 0.3) is 0 Å². The van der Waals surface area contributed by atoms with E-state index in [9.17, 15) is 18.8 Å². The lowest BCUT2D eigenvalue weighted by molar-refractivity contribution is -0.00302. The summed E-state index contributed by atoms with van der Waals surface area (Å²) in [5.41, 5.74) is 1.33. The van der Waals surface area contributed by atoms with Gasteiger partial charge in [-0.25, -0.2) is 14.0 Å². The second-order valence-electron chi connectivity index (χ2n) is 12.6. The second-order valence-corrected chi connectivity index (χ2v) is 12.6. The molecule has 4 rings (SSSR count). The van der Waals surface area contributed by atoms with E-state index < -0.39 is 23.6 Å². The molecule has 11 nitrogen and oxygen atoms in total. The highest BCUT2D eigenvalue weighted by Crippen LogP contribution is 2.31. The van der Waals surface area contributed by atoms with Gasteiger partial charge in [-0.2, -0.15) is 5.10 Å². The summed E-state index contributed by atoms with van der Waals surface area (Å²) in [4.78, 5) is 42.8. The maximum Gasteiger partial charge on any atom is 0.410 e. The molecule has 2 aromatic carbocycles. The zero-order valence-corrected chi connectivity index (χ0v) is 27.8. The third-order valence-corrected chi connectivity index (χ3v) is 7.78. The van der Waals surface area contributed by atoms with Crippen molar-refractivity contribution in [2.24, 2.45) is 0 Å². The maximum atomic E-state index is 14.8. The minimum absolute atomic E-state index is 0.0537. The lowest BCUT2D eigenvalue weighted by Crippen LogP contribution is -2.55. The average molecular weight is 638 g/mol. The molecule has 1 aliphatic heterocycles. The molecule has 1 N–H and O–H groups in total. The van der Waals surface area contributed by atoms with Crippen LogP contribution in [-0.4, -0.2) is 82.5 Å². The molecule has 0 unspecified atom stereocenters. The van der Waals surface area contributed by atoms with Gasteiger partial charge in [-0.1, -0.05) is 12.1 Å². The Bertz CT molecular complexity index is 1580. The molecule has 248 valence electrons. The van der Waals surface area contributed by atoms with E-state index in [-0.39, 0.29) is 34.8 Å². The van der Waals surface area contributed by atoms with Crippen LogP contribution >= 0.6 is 0 Å². The van der Waals surface area contributed by atoms with Crippen molar-refractivity contribution in [1.29, 1.82) is 0 Å². The molecule has 46 heavy (non-hydrogen) atoms. The Hall–Kier alpha value is -4.45. The summed E-state index contributed by atoms with van der Waals surface area (Å²) in [6.45, 7) is 15.3. The van der Waals surface area contributed by atoms with Crippen LogP contribution in [0.4, 0.5) is 15.0 Å². The zero-order chi connectivity index (χ0) is 33.8. The highest BCUT2D eigenvalue weighted by molar-refractivity contribution is 6.07. The van der Waals surface area contributed by atoms with Crippen molar-refractivity contribution >= 4 is 23.8 Å². The number of amides is 2. The Morgan fingerprint density at radius 2 is 1.80 bits per heavy atom. The molecular formula is C34H44FN5O6. The Balaban J connectivity index is 1.62. The number of esters is 1. The maximum absolute atomic E-state index is 14.8. The molecule has 0 saturated carbocycles. The number of carbonyl (C=O) groups excluding carboxylic acids is 3. The molecule has 0 bridgehead atoms. The first-order valence-corrected chi connectivity index (χ1v) is 15.4. The van der Waals surface area contributed by atoms with E-state index in [0.29, 0.717) is 55.2 Å². The van der Waals surface area contributed by atoms with Gasteiger partial charge in [0.1, 0.15) is 28.8 Å². The topological polar surface area (TPSA) is 115 Å². The van der Waals surface area contributed by atoms with Crippen molar-refractivity contribution in [2.75, 3.05) is 38.6 Å². The normalized spacial score (nSPS) is 16.1. The number of ether oxygens (including phenoxy) is 3. The molecule has 1 fully saturated rings. The van der Waals surface area contributed by atoms with Crippen molar-refractivity contribution in [3.05, 3.63) is 76.2 Å². The van der Waals surface area contributed by atoms with Crippen LogP contribution in [0.3, 0.4) is 0 Å².